The maximum atomic E-state index is 10.1. The Morgan fingerprint density at radius 2 is 1.21 bits per heavy atom. The number of hydrogen-bond donors (Lipinski definition) is 1. The zero-order valence-electron chi connectivity index (χ0n) is 26.4. The van der Waals surface area contributed by atoms with E-state index in [2.05, 4.69) is 121 Å². The molecule has 0 unspecified atom stereocenters. The molecule has 0 saturated carbocycles. The van der Waals surface area contributed by atoms with Crippen molar-refractivity contribution >= 4 is 18.7 Å². The Morgan fingerprint density at radius 3 is 1.67 bits per heavy atom. The molecule has 0 fully saturated rings. The van der Waals surface area contributed by atoms with Crippen LogP contribution in [0, 0.1) is 45.6 Å². The van der Waals surface area contributed by atoms with Crippen molar-refractivity contribution in [3.63, 3.8) is 0 Å². The average molecular weight is 647 g/mol. The fourth-order valence-electron chi connectivity index (χ4n) is 4.93. The maximum Gasteiger partial charge on any atom is 0 e. The van der Waals surface area contributed by atoms with Gasteiger partial charge in [-0.15, -0.1) is 0 Å². The molecule has 1 atom stereocenters. The Hall–Kier alpha value is -1.68. The van der Waals surface area contributed by atoms with E-state index in [0.29, 0.717) is 0 Å². The van der Waals surface area contributed by atoms with Crippen molar-refractivity contribution in [1.82, 2.24) is 0 Å². The van der Waals surface area contributed by atoms with Gasteiger partial charge >= 0.3 is 33.9 Å². The molecule has 0 spiro atoms. The molecule has 0 amide bonds. The molecular weight excluding hydrogens is 596 g/mol. The minimum absolute atomic E-state index is 0. The molecule has 236 valence electrons. The second kappa shape index (κ2) is 30.3. The van der Waals surface area contributed by atoms with E-state index in [1.807, 2.05) is 12.8 Å². The summed E-state index contributed by atoms with van der Waals surface area (Å²) in [5, 5.41) is 12.9. The molecule has 0 aromatic heterocycles. The summed E-state index contributed by atoms with van der Waals surface area (Å²) in [5.41, 5.74) is 0. The molecule has 43 heavy (non-hydrogen) atoms. The van der Waals surface area contributed by atoms with E-state index in [1.165, 1.54) is 48.9 Å². The SMILES string of the molecule is CCCC[CH][CH][CH][CH][C@@H](O)CCCCCCCCO[Si](c1ccccc1)(c1ccccc1)C(C)(C)C.[C-]#[O+].[C-]#[O+].[C-]#[O+].[Fe]. The summed E-state index contributed by atoms with van der Waals surface area (Å²) in [6, 6.07) is 21.8. The summed E-state index contributed by atoms with van der Waals surface area (Å²) >= 11 is 0. The van der Waals surface area contributed by atoms with Crippen molar-refractivity contribution in [2.75, 3.05) is 6.61 Å². The second-order valence-electron chi connectivity index (χ2n) is 10.9. The van der Waals surface area contributed by atoms with Gasteiger partial charge in [0.1, 0.15) is 0 Å². The first-order chi connectivity index (χ1) is 20.4. The van der Waals surface area contributed by atoms with Crippen LogP contribution in [0.1, 0.15) is 91.9 Å². The van der Waals surface area contributed by atoms with Gasteiger partial charge in [-0.05, 0) is 60.4 Å². The summed E-state index contributed by atoms with van der Waals surface area (Å²) in [6.07, 6.45) is 19.3. The molecule has 4 radical (unpaired) electrons. The van der Waals surface area contributed by atoms with E-state index in [4.69, 9.17) is 18.4 Å². The first-order valence-electron chi connectivity index (χ1n) is 14.8. The zero-order valence-corrected chi connectivity index (χ0v) is 28.5. The van der Waals surface area contributed by atoms with E-state index in [0.717, 1.165) is 32.3 Å². The molecule has 0 heterocycles. The number of aliphatic hydroxyl groups excluding tert-OH is 1. The Morgan fingerprint density at radius 1 is 0.744 bits per heavy atom. The van der Waals surface area contributed by atoms with E-state index < -0.39 is 8.32 Å². The quantitative estimate of drug-likeness (QED) is 0.0740. The molecule has 1 N–H and O–H groups in total. The van der Waals surface area contributed by atoms with Crippen LogP contribution in [0.15, 0.2) is 60.7 Å². The van der Waals surface area contributed by atoms with E-state index in [9.17, 15) is 5.11 Å². The number of unbranched alkanes of at least 4 members (excludes halogenated alkanes) is 10. The van der Waals surface area contributed by atoms with Gasteiger partial charge < -0.3 is 9.53 Å². The summed E-state index contributed by atoms with van der Waals surface area (Å²) < 4.78 is 29.5. The van der Waals surface area contributed by atoms with Crippen molar-refractivity contribution < 1.29 is 40.6 Å². The van der Waals surface area contributed by atoms with Gasteiger partial charge in [0.15, 0.2) is 0 Å². The third-order valence-electron chi connectivity index (χ3n) is 6.93. The smallest absolute Gasteiger partial charge is 0 e. The monoisotopic (exact) mass is 646 g/mol. The van der Waals surface area contributed by atoms with Crippen molar-refractivity contribution in [3.8, 4) is 0 Å². The molecule has 0 aliphatic heterocycles. The molecule has 2 aromatic carbocycles. The van der Waals surface area contributed by atoms with E-state index in [1.54, 1.807) is 0 Å². The van der Waals surface area contributed by atoms with Gasteiger partial charge in [0, 0.05) is 23.7 Å². The van der Waals surface area contributed by atoms with E-state index >= 15 is 0 Å². The first kappa shape index (κ1) is 45.7. The van der Waals surface area contributed by atoms with Gasteiger partial charge in [0.25, 0.3) is 8.32 Å². The molecule has 2 rings (SSSR count). The summed E-state index contributed by atoms with van der Waals surface area (Å²) in [7, 11) is -2.40. The standard InChI is InChI=1S/C33H50O2Si.3CO.Fe/c1-5-6-7-8-11-16-23-30(34)24-17-12-9-10-13-22-29-35-36(33(2,3)4,31-25-18-14-19-26-31)32-27-20-15-21-28-32;3*1-2;/h8,11,14-16,18-21,23,25-28,30,34H,5-7,9-10,12-13,17,22,24,29H2,1-4H3;;;;/t30-;;;;/m1..../s1. The Kier molecular flexibility index (Phi) is 32.3. The van der Waals surface area contributed by atoms with Gasteiger partial charge in [-0.1, -0.05) is 133 Å². The van der Waals surface area contributed by atoms with Crippen molar-refractivity contribution in [3.05, 3.63) is 106 Å². The van der Waals surface area contributed by atoms with Gasteiger partial charge in [-0.3, -0.25) is 0 Å². The molecule has 0 aliphatic carbocycles. The van der Waals surface area contributed by atoms with Gasteiger partial charge in [0.05, 0.1) is 6.10 Å². The van der Waals surface area contributed by atoms with Crippen LogP contribution in [0.5, 0.6) is 0 Å². The Bertz CT molecular complexity index is 872. The van der Waals surface area contributed by atoms with Crippen LogP contribution in [0.2, 0.25) is 5.04 Å². The summed E-state index contributed by atoms with van der Waals surface area (Å²) in [5.74, 6) is 0. The average Bonchev–Trinajstić information content (AvgIpc) is 3.03. The molecule has 5 nitrogen and oxygen atoms in total. The van der Waals surface area contributed by atoms with Crippen LogP contribution in [0.4, 0.5) is 0 Å². The Balaban J connectivity index is -0.00000214. The fraction of sp³-hybridized carbons (Fsp3) is 0.472. The second-order valence-corrected chi connectivity index (χ2v) is 15.3. The number of benzene rings is 2. The number of hydrogen-bond acceptors (Lipinski definition) is 2. The van der Waals surface area contributed by atoms with Gasteiger partial charge in [-0.25, -0.2) is 0 Å². The predicted octanol–water partition coefficient (Wildman–Crippen LogP) is 7.55. The normalized spacial score (nSPS) is 11.1. The van der Waals surface area contributed by atoms with Crippen LogP contribution in [-0.4, -0.2) is 26.1 Å². The third kappa shape index (κ3) is 18.7. The largest absolute Gasteiger partial charge is 0 e. The molecule has 0 bridgehead atoms. The van der Waals surface area contributed by atoms with Crippen LogP contribution in [0.25, 0.3) is 0 Å². The Labute approximate surface area is 274 Å². The van der Waals surface area contributed by atoms with Gasteiger partial charge in [-0.2, -0.15) is 0 Å². The number of aliphatic hydroxyl groups is 1. The fourth-order valence-corrected chi connectivity index (χ4v) is 9.54. The maximum absolute atomic E-state index is 10.1. The zero-order chi connectivity index (χ0) is 32.1. The predicted molar refractivity (Wildman–Crippen MR) is 170 cm³/mol. The van der Waals surface area contributed by atoms with Crippen LogP contribution in [0.3, 0.4) is 0 Å². The third-order valence-corrected chi connectivity index (χ3v) is 12.0. The molecule has 2 aromatic rings. The van der Waals surface area contributed by atoms with Crippen molar-refractivity contribution in [2.24, 2.45) is 0 Å². The van der Waals surface area contributed by atoms with Crippen LogP contribution in [-0.2, 0) is 35.5 Å². The van der Waals surface area contributed by atoms with Crippen LogP contribution < -0.4 is 10.4 Å². The van der Waals surface area contributed by atoms with Crippen LogP contribution >= 0.6 is 0 Å². The van der Waals surface area contributed by atoms with E-state index in [-0.39, 0.29) is 28.2 Å². The molecule has 0 saturated heterocycles. The van der Waals surface area contributed by atoms with Crippen molar-refractivity contribution in [1.29, 1.82) is 0 Å². The van der Waals surface area contributed by atoms with Gasteiger partial charge in [0.2, 0.25) is 0 Å². The first-order valence-corrected chi connectivity index (χ1v) is 16.7. The topological polar surface area (TPSA) is 89.2 Å². The minimum atomic E-state index is -2.40. The molecule has 0 aliphatic rings. The summed E-state index contributed by atoms with van der Waals surface area (Å²) in [6.45, 7) is 23.5. The molecular formula is C36H50FeO5Si. The minimum Gasteiger partial charge on any atom is 0 e. The van der Waals surface area contributed by atoms with Crippen molar-refractivity contribution in [2.45, 2.75) is 103 Å². The summed E-state index contributed by atoms with van der Waals surface area (Å²) in [4.78, 5) is 0. The molecule has 7 heteroatoms. The number of rotatable bonds is 19.